The first kappa shape index (κ1) is 9.68. The minimum absolute atomic E-state index is 0.246. The van der Waals surface area contributed by atoms with Crippen molar-refractivity contribution < 1.29 is 0 Å². The molecule has 1 unspecified atom stereocenters. The molecular formula is C9H16N2S. The zero-order valence-electron chi connectivity index (χ0n) is 8.14. The maximum atomic E-state index is 6.07. The third-order valence-corrected chi connectivity index (χ3v) is 3.60. The summed E-state index contributed by atoms with van der Waals surface area (Å²) >= 11 is 1.71. The summed E-state index contributed by atoms with van der Waals surface area (Å²) in [6, 6.07) is 0. The molecule has 0 bridgehead atoms. The Balaban J connectivity index is 3.04. The van der Waals surface area contributed by atoms with Crippen LogP contribution in [0.4, 0.5) is 0 Å². The van der Waals surface area contributed by atoms with Gasteiger partial charge in [0.2, 0.25) is 0 Å². The number of hydrogen-bond acceptors (Lipinski definition) is 3. The number of rotatable bonds is 2. The van der Waals surface area contributed by atoms with Crippen LogP contribution in [-0.2, 0) is 5.54 Å². The molecule has 2 N–H and O–H groups in total. The Hall–Kier alpha value is -0.410. The van der Waals surface area contributed by atoms with Crippen molar-refractivity contribution in [2.24, 2.45) is 5.73 Å². The molecule has 68 valence electrons. The van der Waals surface area contributed by atoms with Crippen LogP contribution in [0.25, 0.3) is 0 Å². The summed E-state index contributed by atoms with van der Waals surface area (Å²) < 4.78 is 0. The maximum Gasteiger partial charge on any atom is 0.113 e. The fourth-order valence-electron chi connectivity index (χ4n) is 0.868. The maximum absolute atomic E-state index is 6.07. The minimum atomic E-state index is -0.246. The second-order valence-corrected chi connectivity index (χ2v) is 4.63. The van der Waals surface area contributed by atoms with Gasteiger partial charge in [-0.3, -0.25) is 0 Å². The highest BCUT2D eigenvalue weighted by atomic mass is 32.1. The molecule has 0 saturated heterocycles. The van der Waals surface area contributed by atoms with Crippen molar-refractivity contribution in [3.8, 4) is 0 Å². The first-order valence-corrected chi connectivity index (χ1v) is 5.02. The van der Waals surface area contributed by atoms with E-state index in [1.54, 1.807) is 11.3 Å². The highest BCUT2D eigenvalue weighted by molar-refractivity contribution is 7.11. The summed E-state index contributed by atoms with van der Waals surface area (Å²) in [5, 5.41) is 1.06. The molecule has 0 fully saturated rings. The van der Waals surface area contributed by atoms with Gasteiger partial charge in [0.25, 0.3) is 0 Å². The third-order valence-electron chi connectivity index (χ3n) is 2.25. The largest absolute Gasteiger partial charge is 0.320 e. The number of nitrogens with two attached hydrogens (primary N) is 1. The summed E-state index contributed by atoms with van der Waals surface area (Å²) in [6.07, 6.45) is 0.930. The molecule has 0 aliphatic heterocycles. The van der Waals surface area contributed by atoms with E-state index < -0.39 is 0 Å². The smallest absolute Gasteiger partial charge is 0.113 e. The van der Waals surface area contributed by atoms with Crippen molar-refractivity contribution in [2.45, 2.75) is 39.7 Å². The average molecular weight is 184 g/mol. The molecule has 1 rings (SSSR count). The Labute approximate surface area is 77.8 Å². The Morgan fingerprint density at radius 2 is 2.08 bits per heavy atom. The monoisotopic (exact) mass is 184 g/mol. The van der Waals surface area contributed by atoms with Crippen LogP contribution < -0.4 is 5.73 Å². The molecule has 0 aliphatic rings. The Bertz CT molecular complexity index is 257. The number of aryl methyl sites for hydroxylation is 2. The van der Waals surface area contributed by atoms with Gasteiger partial charge >= 0.3 is 0 Å². The molecule has 1 aromatic rings. The highest BCUT2D eigenvalue weighted by Gasteiger charge is 2.22. The highest BCUT2D eigenvalue weighted by Crippen LogP contribution is 2.27. The molecule has 1 atom stereocenters. The van der Waals surface area contributed by atoms with Gasteiger partial charge in [0.15, 0.2) is 0 Å². The summed E-state index contributed by atoms with van der Waals surface area (Å²) in [4.78, 5) is 5.72. The topological polar surface area (TPSA) is 38.9 Å². The number of hydrogen-bond donors (Lipinski definition) is 1. The van der Waals surface area contributed by atoms with Crippen LogP contribution in [0.5, 0.6) is 0 Å². The van der Waals surface area contributed by atoms with Gasteiger partial charge in [0.1, 0.15) is 5.01 Å². The van der Waals surface area contributed by atoms with Gasteiger partial charge in [-0.05, 0) is 27.2 Å². The third kappa shape index (κ3) is 1.67. The molecule has 0 spiro atoms. The fourth-order valence-corrected chi connectivity index (χ4v) is 1.91. The second-order valence-electron chi connectivity index (χ2n) is 3.43. The SMILES string of the molecule is CCC(C)(N)c1nc(C)c(C)s1. The lowest BCUT2D eigenvalue weighted by Gasteiger charge is -2.18. The molecule has 0 saturated carbocycles. The molecule has 1 heterocycles. The normalized spacial score (nSPS) is 16.1. The Kier molecular flexibility index (Phi) is 2.54. The minimum Gasteiger partial charge on any atom is -0.320 e. The fraction of sp³-hybridized carbons (Fsp3) is 0.667. The lowest BCUT2D eigenvalue weighted by Crippen LogP contribution is -2.31. The molecule has 0 radical (unpaired) electrons. The second kappa shape index (κ2) is 3.15. The Morgan fingerprint density at radius 3 is 2.42 bits per heavy atom. The van der Waals surface area contributed by atoms with E-state index in [1.165, 1.54) is 4.88 Å². The van der Waals surface area contributed by atoms with Crippen molar-refractivity contribution in [2.75, 3.05) is 0 Å². The predicted octanol–water partition coefficient (Wildman–Crippen LogP) is 2.34. The van der Waals surface area contributed by atoms with Crippen LogP contribution in [0.1, 0.15) is 35.8 Å². The van der Waals surface area contributed by atoms with E-state index in [4.69, 9.17) is 5.73 Å². The van der Waals surface area contributed by atoms with Crippen molar-refractivity contribution in [3.05, 3.63) is 15.6 Å². The summed E-state index contributed by atoms with van der Waals surface area (Å²) in [6.45, 7) is 8.24. The van der Waals surface area contributed by atoms with E-state index in [0.29, 0.717) is 0 Å². The lowest BCUT2D eigenvalue weighted by molar-refractivity contribution is 0.473. The first-order chi connectivity index (χ1) is 5.47. The predicted molar refractivity (Wildman–Crippen MR) is 53.4 cm³/mol. The molecule has 1 aromatic heterocycles. The van der Waals surface area contributed by atoms with Gasteiger partial charge < -0.3 is 5.73 Å². The number of thiazole rings is 1. The molecule has 0 amide bonds. The molecular weight excluding hydrogens is 168 g/mol. The molecule has 0 aromatic carbocycles. The summed E-state index contributed by atoms with van der Waals surface area (Å²) in [7, 11) is 0. The zero-order valence-corrected chi connectivity index (χ0v) is 8.96. The van der Waals surface area contributed by atoms with E-state index in [2.05, 4.69) is 18.8 Å². The van der Waals surface area contributed by atoms with Gasteiger partial charge in [0.05, 0.1) is 11.2 Å². The van der Waals surface area contributed by atoms with E-state index >= 15 is 0 Å². The zero-order chi connectivity index (χ0) is 9.35. The number of aromatic nitrogens is 1. The quantitative estimate of drug-likeness (QED) is 0.766. The van der Waals surface area contributed by atoms with Crippen molar-refractivity contribution in [1.82, 2.24) is 4.98 Å². The number of nitrogens with zero attached hydrogens (tertiary/aromatic N) is 1. The van der Waals surface area contributed by atoms with Gasteiger partial charge in [0, 0.05) is 4.88 Å². The molecule has 0 aliphatic carbocycles. The van der Waals surface area contributed by atoms with Crippen LogP contribution in [-0.4, -0.2) is 4.98 Å². The van der Waals surface area contributed by atoms with Crippen LogP contribution >= 0.6 is 11.3 Å². The van der Waals surface area contributed by atoms with Gasteiger partial charge in [-0.25, -0.2) is 4.98 Å². The summed E-state index contributed by atoms with van der Waals surface area (Å²) in [5.41, 5.74) is 6.93. The van der Waals surface area contributed by atoms with E-state index in [-0.39, 0.29) is 5.54 Å². The first-order valence-electron chi connectivity index (χ1n) is 4.20. The van der Waals surface area contributed by atoms with Gasteiger partial charge in [-0.15, -0.1) is 11.3 Å². The Morgan fingerprint density at radius 1 is 1.50 bits per heavy atom. The standard InChI is InChI=1S/C9H16N2S/c1-5-9(4,10)8-11-6(2)7(3)12-8/h5,10H2,1-4H3. The van der Waals surface area contributed by atoms with Gasteiger partial charge in [-0.1, -0.05) is 6.92 Å². The van der Waals surface area contributed by atoms with Crippen molar-refractivity contribution in [1.29, 1.82) is 0 Å². The van der Waals surface area contributed by atoms with E-state index in [9.17, 15) is 0 Å². The van der Waals surface area contributed by atoms with Crippen LogP contribution in [0.3, 0.4) is 0 Å². The van der Waals surface area contributed by atoms with Crippen molar-refractivity contribution >= 4 is 11.3 Å². The molecule has 3 heteroatoms. The molecule has 12 heavy (non-hydrogen) atoms. The van der Waals surface area contributed by atoms with Crippen molar-refractivity contribution in [3.63, 3.8) is 0 Å². The van der Waals surface area contributed by atoms with Gasteiger partial charge in [-0.2, -0.15) is 0 Å². The van der Waals surface area contributed by atoms with E-state index in [1.807, 2.05) is 13.8 Å². The summed E-state index contributed by atoms with van der Waals surface area (Å²) in [5.74, 6) is 0. The van der Waals surface area contributed by atoms with E-state index in [0.717, 1.165) is 17.1 Å². The van der Waals surface area contributed by atoms with Crippen LogP contribution in [0, 0.1) is 13.8 Å². The lowest BCUT2D eigenvalue weighted by atomic mass is 10.0. The van der Waals surface area contributed by atoms with Crippen LogP contribution in [0.2, 0.25) is 0 Å². The van der Waals surface area contributed by atoms with Crippen LogP contribution in [0.15, 0.2) is 0 Å². The average Bonchev–Trinajstić information content (AvgIpc) is 2.33. The molecule has 2 nitrogen and oxygen atoms in total.